The Labute approximate surface area is 127 Å². The van der Waals surface area contributed by atoms with E-state index in [-0.39, 0.29) is 5.97 Å². The molecule has 2 rings (SSSR count). The van der Waals surface area contributed by atoms with Crippen molar-refractivity contribution >= 4 is 27.6 Å². The van der Waals surface area contributed by atoms with Crippen molar-refractivity contribution in [2.24, 2.45) is 5.92 Å². The maximum absolute atomic E-state index is 11.3. The van der Waals surface area contributed by atoms with Gasteiger partial charge in [-0.15, -0.1) is 0 Å². The molecule has 1 aromatic carbocycles. The van der Waals surface area contributed by atoms with Crippen molar-refractivity contribution in [3.05, 3.63) is 28.2 Å². The Bertz CT molecular complexity index is 531. The van der Waals surface area contributed by atoms with Crippen LogP contribution >= 0.6 is 15.9 Å². The van der Waals surface area contributed by atoms with Gasteiger partial charge in [0, 0.05) is 24.0 Å². The zero-order chi connectivity index (χ0) is 14.5. The van der Waals surface area contributed by atoms with E-state index in [1.165, 1.54) is 7.11 Å². The van der Waals surface area contributed by atoms with Crippen LogP contribution in [-0.2, 0) is 9.53 Å². The number of methoxy groups -OCH3 is 1. The topological polar surface area (TPSA) is 53.3 Å². The number of hydrogen-bond donors (Lipinski definition) is 0. The molecule has 20 heavy (non-hydrogen) atoms. The summed E-state index contributed by atoms with van der Waals surface area (Å²) in [7, 11) is 1.43. The molecule has 4 nitrogen and oxygen atoms in total. The van der Waals surface area contributed by atoms with E-state index in [1.54, 1.807) is 0 Å². The molecule has 0 aliphatic carbocycles. The van der Waals surface area contributed by atoms with Crippen LogP contribution < -0.4 is 4.90 Å². The third-order valence-electron chi connectivity index (χ3n) is 3.72. The van der Waals surface area contributed by atoms with Gasteiger partial charge in [0.15, 0.2) is 0 Å². The summed E-state index contributed by atoms with van der Waals surface area (Å²) < 4.78 is 5.63. The molecule has 0 atom stereocenters. The second kappa shape index (κ2) is 6.76. The molecule has 0 saturated carbocycles. The standard InChI is InChI=1S/C15H17BrN2O2/c1-20-15(19)8-11-4-6-18(7-5-11)14-3-2-13(16)9-12(14)10-17/h2-3,9,11H,4-8H2,1H3. The van der Waals surface area contributed by atoms with Gasteiger partial charge >= 0.3 is 5.97 Å². The number of nitrogens with zero attached hydrogens (tertiary/aromatic N) is 2. The Morgan fingerprint density at radius 3 is 2.80 bits per heavy atom. The lowest BCUT2D eigenvalue weighted by atomic mass is 9.93. The zero-order valence-corrected chi connectivity index (χ0v) is 13.0. The van der Waals surface area contributed by atoms with E-state index in [4.69, 9.17) is 4.74 Å². The van der Waals surface area contributed by atoms with Crippen molar-refractivity contribution in [1.29, 1.82) is 5.26 Å². The molecule has 0 aromatic heterocycles. The molecule has 1 fully saturated rings. The molecule has 1 heterocycles. The number of halogens is 1. The van der Waals surface area contributed by atoms with Gasteiger partial charge in [0.2, 0.25) is 0 Å². The van der Waals surface area contributed by atoms with Crippen LogP contribution in [-0.4, -0.2) is 26.2 Å². The molecule has 1 aliphatic rings. The number of nitriles is 1. The maximum atomic E-state index is 11.3. The highest BCUT2D eigenvalue weighted by atomic mass is 79.9. The van der Waals surface area contributed by atoms with Crippen LogP contribution in [0.4, 0.5) is 5.69 Å². The molecular formula is C15H17BrN2O2. The minimum Gasteiger partial charge on any atom is -0.469 e. The smallest absolute Gasteiger partial charge is 0.305 e. The van der Waals surface area contributed by atoms with Crippen LogP contribution in [0.5, 0.6) is 0 Å². The maximum Gasteiger partial charge on any atom is 0.305 e. The minimum absolute atomic E-state index is 0.134. The molecule has 0 unspecified atom stereocenters. The molecule has 0 bridgehead atoms. The van der Waals surface area contributed by atoms with Crippen LogP contribution in [0.15, 0.2) is 22.7 Å². The first-order valence-corrected chi connectivity index (χ1v) is 7.44. The summed E-state index contributed by atoms with van der Waals surface area (Å²) in [5.41, 5.74) is 1.66. The van der Waals surface area contributed by atoms with Gasteiger partial charge in [-0.3, -0.25) is 4.79 Å². The summed E-state index contributed by atoms with van der Waals surface area (Å²) in [6.45, 7) is 1.75. The lowest BCUT2D eigenvalue weighted by Crippen LogP contribution is -2.34. The fraction of sp³-hybridized carbons (Fsp3) is 0.467. The van der Waals surface area contributed by atoms with Crippen molar-refractivity contribution in [1.82, 2.24) is 0 Å². The Hall–Kier alpha value is -1.54. The molecule has 106 valence electrons. The Balaban J connectivity index is 2.01. The van der Waals surface area contributed by atoms with Crippen molar-refractivity contribution in [3.63, 3.8) is 0 Å². The molecule has 5 heteroatoms. The Morgan fingerprint density at radius 1 is 1.50 bits per heavy atom. The van der Waals surface area contributed by atoms with Gasteiger partial charge in [0.25, 0.3) is 0 Å². The van der Waals surface area contributed by atoms with E-state index < -0.39 is 0 Å². The number of esters is 1. The van der Waals surface area contributed by atoms with Crippen LogP contribution in [0, 0.1) is 17.2 Å². The third-order valence-corrected chi connectivity index (χ3v) is 4.21. The number of anilines is 1. The van der Waals surface area contributed by atoms with E-state index in [2.05, 4.69) is 26.9 Å². The third kappa shape index (κ3) is 3.51. The largest absolute Gasteiger partial charge is 0.469 e. The normalized spacial score (nSPS) is 15.8. The summed E-state index contributed by atoms with van der Waals surface area (Å²) >= 11 is 3.38. The van der Waals surface area contributed by atoms with E-state index in [9.17, 15) is 10.1 Å². The molecule has 0 spiro atoms. The average Bonchev–Trinajstić information content (AvgIpc) is 2.48. The first kappa shape index (κ1) is 14.9. The van der Waals surface area contributed by atoms with Crippen molar-refractivity contribution in [2.75, 3.05) is 25.1 Å². The first-order chi connectivity index (χ1) is 9.63. The highest BCUT2D eigenvalue weighted by Gasteiger charge is 2.23. The lowest BCUT2D eigenvalue weighted by molar-refractivity contribution is -0.141. The quantitative estimate of drug-likeness (QED) is 0.796. The number of carbonyl (C=O) groups is 1. The van der Waals surface area contributed by atoms with Crippen LogP contribution in [0.3, 0.4) is 0 Å². The van der Waals surface area contributed by atoms with Gasteiger partial charge in [-0.1, -0.05) is 15.9 Å². The molecule has 0 radical (unpaired) electrons. The van der Waals surface area contributed by atoms with Crippen LogP contribution in [0.1, 0.15) is 24.8 Å². The fourth-order valence-corrected chi connectivity index (χ4v) is 2.93. The number of ether oxygens (including phenoxy) is 1. The van der Waals surface area contributed by atoms with Crippen LogP contribution in [0.2, 0.25) is 0 Å². The zero-order valence-electron chi connectivity index (χ0n) is 11.4. The number of carbonyl (C=O) groups excluding carboxylic acids is 1. The molecule has 0 amide bonds. The van der Waals surface area contributed by atoms with E-state index >= 15 is 0 Å². The Kier molecular flexibility index (Phi) is 5.02. The highest BCUT2D eigenvalue weighted by molar-refractivity contribution is 9.10. The summed E-state index contributed by atoms with van der Waals surface area (Å²) in [4.78, 5) is 13.5. The van der Waals surface area contributed by atoms with E-state index in [0.717, 1.165) is 36.1 Å². The molecule has 0 N–H and O–H groups in total. The van der Waals surface area contributed by atoms with Gasteiger partial charge in [0.05, 0.1) is 18.4 Å². The summed E-state index contributed by atoms with van der Waals surface area (Å²) in [5, 5.41) is 9.22. The molecule has 1 saturated heterocycles. The molecule has 1 aromatic rings. The predicted molar refractivity (Wildman–Crippen MR) is 80.4 cm³/mol. The van der Waals surface area contributed by atoms with Crippen LogP contribution in [0.25, 0.3) is 0 Å². The average molecular weight is 337 g/mol. The highest BCUT2D eigenvalue weighted by Crippen LogP contribution is 2.29. The lowest BCUT2D eigenvalue weighted by Gasteiger charge is -2.33. The number of hydrogen-bond acceptors (Lipinski definition) is 4. The Morgan fingerprint density at radius 2 is 2.20 bits per heavy atom. The second-order valence-corrected chi connectivity index (χ2v) is 5.90. The summed E-state index contributed by atoms with van der Waals surface area (Å²) in [5.74, 6) is 0.254. The van der Waals surface area contributed by atoms with Gasteiger partial charge < -0.3 is 9.64 Å². The fourth-order valence-electron chi connectivity index (χ4n) is 2.57. The van der Waals surface area contributed by atoms with Crippen molar-refractivity contribution in [3.8, 4) is 6.07 Å². The predicted octanol–water partition coefficient (Wildman–Crippen LogP) is 3.10. The van der Waals surface area contributed by atoms with Crippen molar-refractivity contribution < 1.29 is 9.53 Å². The van der Waals surface area contributed by atoms with E-state index in [0.29, 0.717) is 17.9 Å². The second-order valence-electron chi connectivity index (χ2n) is 4.98. The number of benzene rings is 1. The van der Waals surface area contributed by atoms with Gasteiger partial charge in [-0.05, 0) is 37.0 Å². The van der Waals surface area contributed by atoms with Gasteiger partial charge in [-0.25, -0.2) is 0 Å². The van der Waals surface area contributed by atoms with Gasteiger partial charge in [-0.2, -0.15) is 5.26 Å². The SMILES string of the molecule is COC(=O)CC1CCN(c2ccc(Br)cc2C#N)CC1. The summed E-state index contributed by atoms with van der Waals surface area (Å²) in [6, 6.07) is 8.01. The minimum atomic E-state index is -0.134. The van der Waals surface area contributed by atoms with Crippen molar-refractivity contribution in [2.45, 2.75) is 19.3 Å². The van der Waals surface area contributed by atoms with Gasteiger partial charge in [0.1, 0.15) is 6.07 Å². The molecular weight excluding hydrogens is 320 g/mol. The first-order valence-electron chi connectivity index (χ1n) is 6.65. The summed E-state index contributed by atoms with van der Waals surface area (Å²) in [6.07, 6.45) is 2.40. The number of piperidine rings is 1. The number of rotatable bonds is 3. The monoisotopic (exact) mass is 336 g/mol. The van der Waals surface area contributed by atoms with E-state index in [1.807, 2.05) is 18.2 Å². The molecule has 1 aliphatic heterocycles.